The predicted molar refractivity (Wildman–Crippen MR) is 75.8 cm³/mol. The van der Waals surface area contributed by atoms with Gasteiger partial charge >= 0.3 is 0 Å². The monoisotopic (exact) mass is 249 g/mol. The Kier molecular flexibility index (Phi) is 4.94. The van der Waals surface area contributed by atoms with Crippen molar-refractivity contribution in [1.29, 1.82) is 0 Å². The lowest BCUT2D eigenvalue weighted by Crippen LogP contribution is -2.29. The Hall–Kier alpha value is -1.09. The molecule has 0 aromatic heterocycles. The molecule has 0 aliphatic heterocycles. The molecule has 0 heterocycles. The summed E-state index contributed by atoms with van der Waals surface area (Å²) in [5.74, 6) is 0.170. The van der Waals surface area contributed by atoms with Crippen LogP contribution < -0.4 is 5.32 Å². The van der Waals surface area contributed by atoms with Gasteiger partial charge in [-0.1, -0.05) is 50.0 Å². The van der Waals surface area contributed by atoms with Crippen LogP contribution in [0.2, 0.25) is 25.7 Å². The maximum Gasteiger partial charge on any atom is 0.220 e. The standard InChI is InChI=1S/C14H23NOSi/c1-12(13-8-6-5-7-9-13)15-14(16)10-11-17(2,3)4/h5-9,12H,10-11H2,1-4H3,(H,15,16)/t12-/m0/s1. The average Bonchev–Trinajstić information content (AvgIpc) is 2.27. The van der Waals surface area contributed by atoms with Gasteiger partial charge in [-0.15, -0.1) is 0 Å². The molecule has 1 rings (SSSR count). The molecular formula is C14H23NOSi. The average molecular weight is 249 g/mol. The van der Waals surface area contributed by atoms with E-state index in [-0.39, 0.29) is 11.9 Å². The molecule has 1 aromatic carbocycles. The van der Waals surface area contributed by atoms with E-state index in [0.717, 1.165) is 11.6 Å². The molecule has 94 valence electrons. The highest BCUT2D eigenvalue weighted by Gasteiger charge is 2.16. The van der Waals surface area contributed by atoms with E-state index in [1.54, 1.807) is 0 Å². The third kappa shape index (κ3) is 5.68. The number of rotatable bonds is 5. The number of carbonyl (C=O) groups is 1. The minimum Gasteiger partial charge on any atom is -0.350 e. The minimum absolute atomic E-state index is 0.102. The Balaban J connectivity index is 2.42. The van der Waals surface area contributed by atoms with Crippen LogP contribution in [0, 0.1) is 0 Å². The first-order chi connectivity index (χ1) is 7.88. The third-order valence-electron chi connectivity index (χ3n) is 2.78. The van der Waals surface area contributed by atoms with Crippen molar-refractivity contribution in [2.75, 3.05) is 0 Å². The van der Waals surface area contributed by atoms with Crippen LogP contribution in [0.25, 0.3) is 0 Å². The maximum atomic E-state index is 11.8. The second-order valence-electron chi connectivity index (χ2n) is 5.76. The number of hydrogen-bond donors (Lipinski definition) is 1. The molecule has 1 atom stereocenters. The van der Waals surface area contributed by atoms with Crippen molar-refractivity contribution in [3.8, 4) is 0 Å². The van der Waals surface area contributed by atoms with Gasteiger partial charge in [-0.05, 0) is 18.5 Å². The molecule has 0 saturated heterocycles. The van der Waals surface area contributed by atoms with Crippen molar-refractivity contribution in [3.05, 3.63) is 35.9 Å². The Morgan fingerprint density at radius 3 is 2.35 bits per heavy atom. The Morgan fingerprint density at radius 1 is 1.24 bits per heavy atom. The molecular weight excluding hydrogens is 226 g/mol. The highest BCUT2D eigenvalue weighted by molar-refractivity contribution is 6.76. The number of carbonyl (C=O) groups excluding carboxylic acids is 1. The van der Waals surface area contributed by atoms with E-state index < -0.39 is 8.07 Å². The zero-order valence-corrected chi connectivity index (χ0v) is 12.3. The van der Waals surface area contributed by atoms with E-state index in [4.69, 9.17) is 0 Å². The normalized spacial score (nSPS) is 13.2. The van der Waals surface area contributed by atoms with Crippen LogP contribution in [0.5, 0.6) is 0 Å². The molecule has 0 fully saturated rings. The van der Waals surface area contributed by atoms with E-state index in [1.165, 1.54) is 0 Å². The smallest absolute Gasteiger partial charge is 0.220 e. The van der Waals surface area contributed by atoms with Gasteiger partial charge in [-0.2, -0.15) is 0 Å². The molecule has 0 aliphatic rings. The summed E-state index contributed by atoms with van der Waals surface area (Å²) in [5.41, 5.74) is 1.16. The van der Waals surface area contributed by atoms with Crippen LogP contribution in [-0.2, 0) is 4.79 Å². The number of benzene rings is 1. The minimum atomic E-state index is -1.11. The van der Waals surface area contributed by atoms with Crippen molar-refractivity contribution in [3.63, 3.8) is 0 Å². The van der Waals surface area contributed by atoms with Gasteiger partial charge in [0, 0.05) is 14.5 Å². The van der Waals surface area contributed by atoms with Crippen LogP contribution in [-0.4, -0.2) is 14.0 Å². The molecule has 17 heavy (non-hydrogen) atoms. The highest BCUT2D eigenvalue weighted by Crippen LogP contribution is 2.14. The molecule has 1 amide bonds. The third-order valence-corrected chi connectivity index (χ3v) is 4.53. The number of amides is 1. The summed E-state index contributed by atoms with van der Waals surface area (Å²) < 4.78 is 0. The first-order valence-corrected chi connectivity index (χ1v) is 9.93. The van der Waals surface area contributed by atoms with Gasteiger partial charge in [0.05, 0.1) is 6.04 Å². The molecule has 0 radical (unpaired) electrons. The second-order valence-corrected chi connectivity index (χ2v) is 11.4. The van der Waals surface area contributed by atoms with Crippen molar-refractivity contribution in [2.45, 2.75) is 45.1 Å². The predicted octanol–water partition coefficient (Wildman–Crippen LogP) is 3.59. The van der Waals surface area contributed by atoms with Gasteiger partial charge in [0.15, 0.2) is 0 Å². The van der Waals surface area contributed by atoms with Crippen molar-refractivity contribution in [2.24, 2.45) is 0 Å². The van der Waals surface area contributed by atoms with Crippen LogP contribution in [0.1, 0.15) is 24.9 Å². The fourth-order valence-electron chi connectivity index (χ4n) is 1.63. The van der Waals surface area contributed by atoms with E-state index >= 15 is 0 Å². The summed E-state index contributed by atoms with van der Waals surface area (Å²) in [6, 6.07) is 11.2. The van der Waals surface area contributed by atoms with Crippen molar-refractivity contribution >= 4 is 14.0 Å². The van der Waals surface area contributed by atoms with Gasteiger partial charge < -0.3 is 5.32 Å². The van der Waals surface area contributed by atoms with E-state index in [9.17, 15) is 4.79 Å². The molecule has 1 N–H and O–H groups in total. The van der Waals surface area contributed by atoms with Crippen LogP contribution in [0.4, 0.5) is 0 Å². The van der Waals surface area contributed by atoms with E-state index in [2.05, 4.69) is 25.0 Å². The van der Waals surface area contributed by atoms with Crippen LogP contribution in [0.3, 0.4) is 0 Å². The fraction of sp³-hybridized carbons (Fsp3) is 0.500. The van der Waals surface area contributed by atoms with Gasteiger partial charge in [0.1, 0.15) is 0 Å². The number of hydrogen-bond acceptors (Lipinski definition) is 1. The quantitative estimate of drug-likeness (QED) is 0.794. The van der Waals surface area contributed by atoms with Crippen LogP contribution in [0.15, 0.2) is 30.3 Å². The van der Waals surface area contributed by atoms with Gasteiger partial charge in [0.25, 0.3) is 0 Å². The second kappa shape index (κ2) is 6.01. The zero-order valence-electron chi connectivity index (χ0n) is 11.3. The van der Waals surface area contributed by atoms with E-state index in [1.807, 2.05) is 37.3 Å². The van der Waals surface area contributed by atoms with Gasteiger partial charge in [-0.3, -0.25) is 4.79 Å². The summed E-state index contributed by atoms with van der Waals surface area (Å²) in [7, 11) is -1.11. The summed E-state index contributed by atoms with van der Waals surface area (Å²) in [6.45, 7) is 8.91. The first-order valence-electron chi connectivity index (χ1n) is 6.23. The number of nitrogens with one attached hydrogen (secondary N) is 1. The molecule has 0 unspecified atom stereocenters. The Morgan fingerprint density at radius 2 is 1.82 bits per heavy atom. The largest absolute Gasteiger partial charge is 0.350 e. The lowest BCUT2D eigenvalue weighted by molar-refractivity contribution is -0.121. The highest BCUT2D eigenvalue weighted by atomic mass is 28.3. The van der Waals surface area contributed by atoms with Gasteiger partial charge in [0.2, 0.25) is 5.91 Å². The summed E-state index contributed by atoms with van der Waals surface area (Å²) in [5, 5.41) is 3.05. The van der Waals surface area contributed by atoms with Crippen molar-refractivity contribution in [1.82, 2.24) is 5.32 Å². The van der Waals surface area contributed by atoms with Crippen LogP contribution >= 0.6 is 0 Å². The van der Waals surface area contributed by atoms with Gasteiger partial charge in [-0.25, -0.2) is 0 Å². The summed E-state index contributed by atoms with van der Waals surface area (Å²) in [4.78, 5) is 11.8. The fourth-order valence-corrected chi connectivity index (χ4v) is 2.60. The summed E-state index contributed by atoms with van der Waals surface area (Å²) in [6.07, 6.45) is 0.660. The SMILES string of the molecule is C[C@H](NC(=O)CC[Si](C)(C)C)c1ccccc1. The maximum absolute atomic E-state index is 11.8. The zero-order chi connectivity index (χ0) is 12.9. The lowest BCUT2D eigenvalue weighted by atomic mass is 10.1. The van der Waals surface area contributed by atoms with E-state index in [0.29, 0.717) is 6.42 Å². The van der Waals surface area contributed by atoms with Crippen molar-refractivity contribution < 1.29 is 4.79 Å². The molecule has 2 nitrogen and oxygen atoms in total. The Labute approximate surface area is 105 Å². The molecule has 0 spiro atoms. The molecule has 1 aromatic rings. The molecule has 3 heteroatoms. The Bertz CT molecular complexity index is 356. The lowest BCUT2D eigenvalue weighted by Gasteiger charge is -2.17. The first kappa shape index (κ1) is 14.0. The summed E-state index contributed by atoms with van der Waals surface area (Å²) >= 11 is 0. The topological polar surface area (TPSA) is 29.1 Å². The molecule has 0 saturated carbocycles. The molecule has 0 bridgehead atoms. The molecule has 0 aliphatic carbocycles.